The van der Waals surface area contributed by atoms with Crippen LogP contribution in [0.2, 0.25) is 0 Å². The van der Waals surface area contributed by atoms with Gasteiger partial charge < -0.3 is 0 Å². The summed E-state index contributed by atoms with van der Waals surface area (Å²) in [4.78, 5) is 51.7. The van der Waals surface area contributed by atoms with Gasteiger partial charge in [-0.25, -0.2) is 5.01 Å². The molecule has 0 saturated carbocycles. The second kappa shape index (κ2) is 9.41. The number of hydrogen-bond donors (Lipinski definition) is 0. The Morgan fingerprint density at radius 2 is 1.16 bits per heavy atom. The van der Waals surface area contributed by atoms with Crippen LogP contribution in [-0.4, -0.2) is 32.2 Å². The summed E-state index contributed by atoms with van der Waals surface area (Å²) in [5.41, 5.74) is -3.64. The van der Waals surface area contributed by atoms with Crippen LogP contribution >= 0.6 is 0 Å². The molecule has 0 atom stereocenters. The molecule has 0 unspecified atom stereocenters. The maximum Gasteiger partial charge on any atom is 0.301 e. The van der Waals surface area contributed by atoms with Crippen LogP contribution in [0.1, 0.15) is 0 Å². The quantitative estimate of drug-likeness (QED) is 0.186. The van der Waals surface area contributed by atoms with E-state index in [0.717, 1.165) is 42.6 Å². The van der Waals surface area contributed by atoms with Crippen molar-refractivity contribution in [3.8, 4) is 0 Å². The predicted molar refractivity (Wildman–Crippen MR) is 105 cm³/mol. The van der Waals surface area contributed by atoms with E-state index in [0.29, 0.717) is 23.4 Å². The Bertz CT molecular complexity index is 1070. The minimum Gasteiger partial charge on any atom is -0.299 e. The maximum atomic E-state index is 11.5. The summed E-state index contributed by atoms with van der Waals surface area (Å²) in [6.07, 6.45) is 3.51. The molecule has 2 aromatic rings. The Kier molecular flexibility index (Phi) is 6.74. The summed E-state index contributed by atoms with van der Waals surface area (Å²) < 4.78 is 0. The Morgan fingerprint density at radius 1 is 0.710 bits per heavy atom. The zero-order valence-corrected chi connectivity index (χ0v) is 15.1. The van der Waals surface area contributed by atoms with Crippen LogP contribution in [-0.2, 0) is 4.79 Å². The fourth-order valence-corrected chi connectivity index (χ4v) is 2.36. The second-order valence-electron chi connectivity index (χ2n) is 5.47. The van der Waals surface area contributed by atoms with Gasteiger partial charge in [0, 0.05) is 18.3 Å². The number of allylic oxidation sites excluding steroid dienone is 2. The van der Waals surface area contributed by atoms with Gasteiger partial charge >= 0.3 is 11.4 Å². The Hall–Kier alpha value is -5.08. The van der Waals surface area contributed by atoms with E-state index in [1.54, 1.807) is 0 Å². The fourth-order valence-electron chi connectivity index (χ4n) is 2.36. The monoisotopic (exact) mass is 430 g/mol. The van der Waals surface area contributed by atoms with Gasteiger partial charge in [-0.05, 0) is 24.3 Å². The van der Waals surface area contributed by atoms with Crippen LogP contribution in [0.5, 0.6) is 0 Å². The highest BCUT2D eigenvalue weighted by molar-refractivity contribution is 5.84. The minimum absolute atomic E-state index is 0.400. The molecule has 0 radical (unpaired) electrons. The van der Waals surface area contributed by atoms with Crippen molar-refractivity contribution in [2.75, 3.05) is 5.01 Å². The van der Waals surface area contributed by atoms with Crippen molar-refractivity contribution in [1.29, 1.82) is 0 Å². The number of anilines is 2. The number of nitrogens with zero attached hydrogens (tertiary/aromatic N) is 6. The first-order valence-corrected chi connectivity index (χ1v) is 7.97. The third-order valence-electron chi connectivity index (χ3n) is 3.65. The number of nitro benzene ring substituents is 4. The third-order valence-corrected chi connectivity index (χ3v) is 3.65. The molecule has 0 bridgehead atoms. The van der Waals surface area contributed by atoms with Gasteiger partial charge in [0.1, 0.15) is 17.7 Å². The number of hydrogen-bond acceptors (Lipinski definition) is 11. The van der Waals surface area contributed by atoms with Crippen LogP contribution in [0.25, 0.3) is 0 Å². The van der Waals surface area contributed by atoms with Crippen molar-refractivity contribution in [3.63, 3.8) is 0 Å². The van der Waals surface area contributed by atoms with Crippen LogP contribution in [0, 0.1) is 40.5 Å². The molecule has 0 N–H and O–H groups in total. The summed E-state index contributed by atoms with van der Waals surface area (Å²) in [7, 11) is 0. The normalized spacial score (nSPS) is 10.8. The average Bonchev–Trinajstić information content (AvgIpc) is 2.73. The Labute approximate surface area is 171 Å². The van der Waals surface area contributed by atoms with Gasteiger partial charge in [-0.15, -0.1) is 0 Å². The number of rotatable bonds is 9. The van der Waals surface area contributed by atoms with Gasteiger partial charge in [0.2, 0.25) is 0 Å². The average molecular weight is 430 g/mol. The van der Waals surface area contributed by atoms with Gasteiger partial charge in [0.05, 0.1) is 31.8 Å². The number of nitro groups is 4. The van der Waals surface area contributed by atoms with Crippen molar-refractivity contribution < 1.29 is 24.5 Å². The van der Waals surface area contributed by atoms with Crippen LogP contribution in [0.15, 0.2) is 53.7 Å². The largest absolute Gasteiger partial charge is 0.301 e. The Morgan fingerprint density at radius 3 is 1.52 bits per heavy atom. The van der Waals surface area contributed by atoms with Crippen molar-refractivity contribution >= 4 is 46.6 Å². The highest BCUT2D eigenvalue weighted by Gasteiger charge is 2.30. The lowest BCUT2D eigenvalue weighted by molar-refractivity contribution is -0.393. The lowest BCUT2D eigenvalue weighted by Gasteiger charge is -2.18. The minimum atomic E-state index is -0.955. The van der Waals surface area contributed by atoms with E-state index in [1.807, 2.05) is 0 Å². The van der Waals surface area contributed by atoms with E-state index in [1.165, 1.54) is 0 Å². The summed E-state index contributed by atoms with van der Waals surface area (Å²) in [5, 5.41) is 49.5. The molecule has 0 aliphatic rings. The SMILES string of the molecule is O=C/C=C\C=N\N(c1ccc([N+](=O)[O-])cc1[N+](=O)[O-])c1ccc([N+](=O)[O-])cc1[N+](=O)[O-]. The van der Waals surface area contributed by atoms with Crippen molar-refractivity contribution in [2.45, 2.75) is 0 Å². The lowest BCUT2D eigenvalue weighted by Crippen LogP contribution is -2.13. The molecule has 0 aliphatic carbocycles. The van der Waals surface area contributed by atoms with E-state index < -0.39 is 53.8 Å². The smallest absolute Gasteiger partial charge is 0.299 e. The molecule has 0 spiro atoms. The van der Waals surface area contributed by atoms with Gasteiger partial charge in [-0.2, -0.15) is 5.10 Å². The van der Waals surface area contributed by atoms with Crippen LogP contribution < -0.4 is 5.01 Å². The van der Waals surface area contributed by atoms with Gasteiger partial charge in [-0.3, -0.25) is 45.3 Å². The second-order valence-corrected chi connectivity index (χ2v) is 5.47. The molecule has 0 aromatic heterocycles. The molecule has 0 heterocycles. The van der Waals surface area contributed by atoms with E-state index >= 15 is 0 Å². The van der Waals surface area contributed by atoms with Gasteiger partial charge in [-0.1, -0.05) is 0 Å². The number of benzene rings is 2. The first-order valence-electron chi connectivity index (χ1n) is 7.97. The number of non-ortho nitro benzene ring substituents is 2. The molecular weight excluding hydrogens is 420 g/mol. The topological polar surface area (TPSA) is 205 Å². The molecule has 0 fully saturated rings. The molecule has 0 saturated heterocycles. The van der Waals surface area contributed by atoms with E-state index in [-0.39, 0.29) is 0 Å². The number of carbonyl (C=O) groups excluding carboxylic acids is 1. The molecule has 2 aromatic carbocycles. The number of aldehydes is 1. The van der Waals surface area contributed by atoms with Crippen molar-refractivity contribution in [2.24, 2.45) is 5.10 Å². The molecular formula is C16H10N6O9. The molecule has 0 aliphatic heterocycles. The maximum absolute atomic E-state index is 11.5. The number of carbonyl (C=O) groups is 1. The van der Waals surface area contributed by atoms with E-state index in [9.17, 15) is 45.3 Å². The zero-order chi connectivity index (χ0) is 23.1. The summed E-state index contributed by atoms with van der Waals surface area (Å²) in [6, 6.07) is 5.00. The fraction of sp³-hybridized carbons (Fsp3) is 0. The van der Waals surface area contributed by atoms with E-state index in [4.69, 9.17) is 0 Å². The van der Waals surface area contributed by atoms with Gasteiger partial charge in [0.25, 0.3) is 11.4 Å². The van der Waals surface area contributed by atoms with Crippen molar-refractivity contribution in [3.05, 3.63) is 89.0 Å². The number of hydrazone groups is 1. The molecule has 2 rings (SSSR count). The first kappa shape index (κ1) is 22.2. The first-order chi connectivity index (χ1) is 14.7. The molecule has 31 heavy (non-hydrogen) atoms. The molecule has 15 heteroatoms. The van der Waals surface area contributed by atoms with E-state index in [2.05, 4.69) is 5.10 Å². The molecule has 15 nitrogen and oxygen atoms in total. The highest BCUT2D eigenvalue weighted by Crippen LogP contribution is 2.41. The summed E-state index contributed by atoms with van der Waals surface area (Å²) >= 11 is 0. The predicted octanol–water partition coefficient (Wildman–Crippen LogP) is 3.20. The standard InChI is InChI=1S/C16H10N6O9/c23-8-2-1-7-17-18(13-5-3-11(19(24)25)9-15(13)21(28)29)14-6-4-12(20(26)27)10-16(14)22(30)31/h1-10H/b2-1-,17-7+. The molecule has 158 valence electrons. The third kappa shape index (κ3) is 5.05. The molecule has 0 amide bonds. The highest BCUT2D eigenvalue weighted by atomic mass is 16.6. The van der Waals surface area contributed by atoms with Crippen LogP contribution in [0.3, 0.4) is 0 Å². The lowest BCUT2D eigenvalue weighted by atomic mass is 10.2. The Balaban J connectivity index is 2.81. The van der Waals surface area contributed by atoms with Gasteiger partial charge in [0.15, 0.2) is 0 Å². The van der Waals surface area contributed by atoms with Crippen molar-refractivity contribution in [1.82, 2.24) is 0 Å². The summed E-state index contributed by atoms with van der Waals surface area (Å²) in [5.74, 6) is 0. The van der Waals surface area contributed by atoms with Crippen LogP contribution in [0.4, 0.5) is 34.1 Å². The zero-order valence-electron chi connectivity index (χ0n) is 15.1. The summed E-state index contributed by atoms with van der Waals surface area (Å²) in [6.45, 7) is 0.